The zero-order chi connectivity index (χ0) is 26.9. The smallest absolute Gasteiger partial charge is 0.300 e. The summed E-state index contributed by atoms with van der Waals surface area (Å²) < 4.78 is 10.9. The van der Waals surface area contributed by atoms with Gasteiger partial charge < -0.3 is 14.6 Å². The van der Waals surface area contributed by atoms with Crippen LogP contribution in [0.25, 0.3) is 5.76 Å². The van der Waals surface area contributed by atoms with Crippen molar-refractivity contribution in [1.29, 1.82) is 5.26 Å². The van der Waals surface area contributed by atoms with Crippen LogP contribution in [0.3, 0.4) is 0 Å². The molecule has 1 saturated heterocycles. The summed E-state index contributed by atoms with van der Waals surface area (Å²) in [5, 5.41) is 20.7. The highest BCUT2D eigenvalue weighted by Gasteiger charge is 2.47. The van der Waals surface area contributed by atoms with Crippen LogP contribution in [0.1, 0.15) is 49.1 Å². The molecular weight excluding hydrogens is 468 g/mol. The van der Waals surface area contributed by atoms with Gasteiger partial charge in [-0.05, 0) is 65.6 Å². The second-order valence-corrected chi connectivity index (χ2v) is 9.77. The molecule has 0 saturated carbocycles. The lowest BCUT2D eigenvalue weighted by Crippen LogP contribution is -2.29. The second kappa shape index (κ2) is 9.82. The van der Waals surface area contributed by atoms with Gasteiger partial charge in [-0.25, -0.2) is 0 Å². The van der Waals surface area contributed by atoms with E-state index in [1.165, 1.54) is 12.0 Å². The summed E-state index contributed by atoms with van der Waals surface area (Å²) in [4.78, 5) is 28.2. The lowest BCUT2D eigenvalue weighted by atomic mass is 9.84. The number of carbonyl (C=O) groups excluding carboxylic acids is 2. The average molecular weight is 497 g/mol. The third kappa shape index (κ3) is 4.66. The molecule has 7 nitrogen and oxygen atoms in total. The van der Waals surface area contributed by atoms with E-state index in [1.807, 2.05) is 20.8 Å². The molecule has 1 N–H and O–H groups in total. The van der Waals surface area contributed by atoms with Crippen LogP contribution in [0.2, 0.25) is 0 Å². The first-order valence-electron chi connectivity index (χ1n) is 11.7. The topological polar surface area (TPSA) is 99.9 Å². The molecule has 0 aliphatic carbocycles. The van der Waals surface area contributed by atoms with Crippen molar-refractivity contribution in [3.8, 4) is 17.6 Å². The first-order valence-corrected chi connectivity index (χ1v) is 11.7. The molecule has 1 amide bonds. The fourth-order valence-electron chi connectivity index (χ4n) is 4.52. The summed E-state index contributed by atoms with van der Waals surface area (Å²) in [7, 11) is 3.11. The number of amides is 1. The standard InChI is InChI=1S/C30H28N2O5/c1-30(2,3)23-16-20(11-14-24(23)37-5)27(33)25-26(19-7-6-8-22(15-19)36-4)32(29(35)28(25)34)21-12-9-18(17-31)10-13-21/h6-16,26,33H,1-5H3/b27-25-. The van der Waals surface area contributed by atoms with Crippen LogP contribution in [-0.4, -0.2) is 31.0 Å². The van der Waals surface area contributed by atoms with Crippen LogP contribution in [0.4, 0.5) is 5.69 Å². The number of aliphatic hydroxyl groups excluding tert-OH is 1. The predicted octanol–water partition coefficient (Wildman–Crippen LogP) is 5.50. The van der Waals surface area contributed by atoms with Crippen molar-refractivity contribution in [2.24, 2.45) is 0 Å². The van der Waals surface area contributed by atoms with Crippen LogP contribution in [0, 0.1) is 11.3 Å². The van der Waals surface area contributed by atoms with Crippen molar-refractivity contribution < 1.29 is 24.2 Å². The lowest BCUT2D eigenvalue weighted by molar-refractivity contribution is -0.132. The van der Waals surface area contributed by atoms with Gasteiger partial charge in [0.25, 0.3) is 11.7 Å². The summed E-state index contributed by atoms with van der Waals surface area (Å²) in [5.41, 5.74) is 2.35. The zero-order valence-corrected chi connectivity index (χ0v) is 21.4. The van der Waals surface area contributed by atoms with Gasteiger partial charge in [0.05, 0.1) is 37.5 Å². The number of Topliss-reactive ketones (excluding diaryl/α,β-unsaturated/α-hetero) is 1. The highest BCUT2D eigenvalue weighted by atomic mass is 16.5. The number of benzene rings is 3. The van der Waals surface area contributed by atoms with Crippen molar-refractivity contribution in [3.05, 3.63) is 94.6 Å². The third-order valence-corrected chi connectivity index (χ3v) is 6.41. The molecule has 0 bridgehead atoms. The molecule has 1 aliphatic rings. The van der Waals surface area contributed by atoms with Crippen LogP contribution in [-0.2, 0) is 15.0 Å². The highest BCUT2D eigenvalue weighted by molar-refractivity contribution is 6.51. The summed E-state index contributed by atoms with van der Waals surface area (Å²) in [6, 6.07) is 19.7. The van der Waals surface area contributed by atoms with Gasteiger partial charge in [-0.3, -0.25) is 14.5 Å². The van der Waals surface area contributed by atoms with E-state index in [0.717, 1.165) is 5.56 Å². The lowest BCUT2D eigenvalue weighted by Gasteiger charge is -2.26. The molecule has 1 aliphatic heterocycles. The van der Waals surface area contributed by atoms with Crippen molar-refractivity contribution in [3.63, 3.8) is 0 Å². The summed E-state index contributed by atoms with van der Waals surface area (Å²) in [6.45, 7) is 6.07. The highest BCUT2D eigenvalue weighted by Crippen LogP contribution is 2.43. The number of ketones is 1. The van der Waals surface area contributed by atoms with Crippen LogP contribution in [0.15, 0.2) is 72.3 Å². The van der Waals surface area contributed by atoms with E-state index in [1.54, 1.807) is 73.8 Å². The molecule has 1 atom stereocenters. The SMILES string of the molecule is COc1cccc(C2/C(=C(/O)c3ccc(OC)c(C(C)(C)C)c3)C(=O)C(=O)N2c2ccc(C#N)cc2)c1. The number of methoxy groups -OCH3 is 2. The van der Waals surface area contributed by atoms with Gasteiger partial charge in [0.15, 0.2) is 0 Å². The van der Waals surface area contributed by atoms with Gasteiger partial charge in [-0.2, -0.15) is 5.26 Å². The summed E-state index contributed by atoms with van der Waals surface area (Å²) in [6.07, 6.45) is 0. The average Bonchev–Trinajstić information content (AvgIpc) is 3.17. The van der Waals surface area contributed by atoms with Crippen LogP contribution >= 0.6 is 0 Å². The molecule has 0 aromatic heterocycles. The Balaban J connectivity index is 1.96. The number of rotatable bonds is 5. The van der Waals surface area contributed by atoms with Gasteiger partial charge >= 0.3 is 0 Å². The fourth-order valence-corrected chi connectivity index (χ4v) is 4.52. The van der Waals surface area contributed by atoms with Gasteiger partial charge in [0.2, 0.25) is 0 Å². The molecule has 0 spiro atoms. The number of nitriles is 1. The number of aliphatic hydroxyl groups is 1. The molecule has 3 aromatic rings. The van der Waals surface area contributed by atoms with E-state index in [9.17, 15) is 20.0 Å². The normalized spacial score (nSPS) is 17.0. The van der Waals surface area contributed by atoms with Gasteiger partial charge in [-0.15, -0.1) is 0 Å². The van der Waals surface area contributed by atoms with Crippen molar-refractivity contribution in [2.45, 2.75) is 32.2 Å². The number of hydrogen-bond acceptors (Lipinski definition) is 6. The second-order valence-electron chi connectivity index (χ2n) is 9.77. The van der Waals surface area contributed by atoms with E-state index in [-0.39, 0.29) is 16.7 Å². The number of nitrogens with zero attached hydrogens (tertiary/aromatic N) is 2. The first kappa shape index (κ1) is 25.5. The molecule has 0 radical (unpaired) electrons. The maximum Gasteiger partial charge on any atom is 0.300 e. The third-order valence-electron chi connectivity index (χ3n) is 6.41. The number of ether oxygens (including phenoxy) is 2. The molecule has 7 heteroatoms. The van der Waals surface area contributed by atoms with E-state index in [4.69, 9.17) is 9.47 Å². The van der Waals surface area contributed by atoms with Crippen molar-refractivity contribution in [1.82, 2.24) is 0 Å². The molecule has 1 unspecified atom stereocenters. The number of carbonyl (C=O) groups is 2. The monoisotopic (exact) mass is 496 g/mol. The molecule has 1 fully saturated rings. The predicted molar refractivity (Wildman–Crippen MR) is 141 cm³/mol. The molecule has 37 heavy (non-hydrogen) atoms. The zero-order valence-electron chi connectivity index (χ0n) is 21.4. The first-order chi connectivity index (χ1) is 17.6. The molecule has 188 valence electrons. The minimum absolute atomic E-state index is 0.0346. The Morgan fingerprint density at radius 2 is 1.68 bits per heavy atom. The van der Waals surface area contributed by atoms with E-state index in [0.29, 0.717) is 33.9 Å². The quantitative estimate of drug-likeness (QED) is 0.284. The molecule has 4 rings (SSSR count). The Bertz CT molecular complexity index is 1440. The van der Waals surface area contributed by atoms with E-state index in [2.05, 4.69) is 6.07 Å². The molecule has 1 heterocycles. The van der Waals surface area contributed by atoms with E-state index < -0.39 is 17.7 Å². The Hall–Kier alpha value is -4.57. The number of anilines is 1. The molecular formula is C30H28N2O5. The van der Waals surface area contributed by atoms with Crippen molar-refractivity contribution in [2.75, 3.05) is 19.1 Å². The Morgan fingerprint density at radius 3 is 2.27 bits per heavy atom. The largest absolute Gasteiger partial charge is 0.507 e. The Kier molecular flexibility index (Phi) is 6.78. The van der Waals surface area contributed by atoms with Crippen LogP contribution in [0.5, 0.6) is 11.5 Å². The van der Waals surface area contributed by atoms with Gasteiger partial charge in [0, 0.05) is 16.8 Å². The van der Waals surface area contributed by atoms with Crippen LogP contribution < -0.4 is 14.4 Å². The minimum atomic E-state index is -0.914. The van der Waals surface area contributed by atoms with Gasteiger partial charge in [-0.1, -0.05) is 32.9 Å². The minimum Gasteiger partial charge on any atom is -0.507 e. The van der Waals surface area contributed by atoms with Gasteiger partial charge in [0.1, 0.15) is 17.3 Å². The summed E-state index contributed by atoms with van der Waals surface area (Å²) >= 11 is 0. The maximum atomic E-state index is 13.5. The maximum absolute atomic E-state index is 13.5. The Morgan fingerprint density at radius 1 is 0.973 bits per heavy atom. The summed E-state index contributed by atoms with van der Waals surface area (Å²) in [5.74, 6) is -0.657. The van der Waals surface area contributed by atoms with E-state index >= 15 is 0 Å². The number of hydrogen-bond donors (Lipinski definition) is 1. The molecule has 3 aromatic carbocycles. The van der Waals surface area contributed by atoms with Crippen molar-refractivity contribution >= 4 is 23.1 Å². The Labute approximate surface area is 216 Å². The fraction of sp³-hybridized carbons (Fsp3) is 0.233.